The van der Waals surface area contributed by atoms with Gasteiger partial charge >= 0.3 is 5.97 Å². The molecule has 0 aliphatic rings. The normalized spacial score (nSPS) is 10.5. The number of benzene rings is 2. The number of rotatable bonds is 6. The lowest BCUT2D eigenvalue weighted by molar-refractivity contribution is -0.115. The van der Waals surface area contributed by atoms with E-state index in [1.165, 1.54) is 0 Å². The van der Waals surface area contributed by atoms with E-state index in [9.17, 15) is 9.59 Å². The Labute approximate surface area is 151 Å². The van der Waals surface area contributed by atoms with Crippen molar-refractivity contribution >= 4 is 28.5 Å². The Kier molecular flexibility index (Phi) is 5.22. The summed E-state index contributed by atoms with van der Waals surface area (Å²) in [5.74, 6) is 0.0529. The number of nitrogens with one attached hydrogen (secondary N) is 2. The largest absolute Gasteiger partial charge is 0.497 e. The molecule has 0 radical (unpaired) electrons. The van der Waals surface area contributed by atoms with Crippen molar-refractivity contribution in [2.75, 3.05) is 19.0 Å². The van der Waals surface area contributed by atoms with E-state index in [0.29, 0.717) is 11.3 Å². The van der Waals surface area contributed by atoms with E-state index in [0.717, 1.165) is 22.2 Å². The van der Waals surface area contributed by atoms with E-state index in [1.54, 1.807) is 44.5 Å². The SMILES string of the molecule is CCOC(=O)c1ccccc1NC(=O)Cc1c[nH]c2ccc(OC)cc12. The number of carbonyl (C=O) groups excluding carboxylic acids is 2. The van der Waals surface area contributed by atoms with Crippen molar-refractivity contribution in [3.8, 4) is 5.75 Å². The van der Waals surface area contributed by atoms with Crippen LogP contribution in [0.15, 0.2) is 48.7 Å². The second-order valence-corrected chi connectivity index (χ2v) is 5.72. The lowest BCUT2D eigenvalue weighted by Gasteiger charge is -2.10. The molecule has 1 aromatic heterocycles. The van der Waals surface area contributed by atoms with E-state index in [2.05, 4.69) is 10.3 Å². The molecular formula is C20H20N2O4. The molecule has 0 atom stereocenters. The van der Waals surface area contributed by atoms with Crippen LogP contribution in [0.4, 0.5) is 5.69 Å². The number of amides is 1. The fourth-order valence-electron chi connectivity index (χ4n) is 2.78. The number of carbonyl (C=O) groups is 2. The van der Waals surface area contributed by atoms with E-state index in [-0.39, 0.29) is 18.9 Å². The molecule has 0 saturated carbocycles. The summed E-state index contributed by atoms with van der Waals surface area (Å²) in [6.45, 7) is 2.02. The van der Waals surface area contributed by atoms with Crippen LogP contribution in [-0.4, -0.2) is 30.6 Å². The lowest BCUT2D eigenvalue weighted by atomic mass is 10.1. The number of aromatic nitrogens is 1. The maximum atomic E-state index is 12.5. The van der Waals surface area contributed by atoms with Crippen LogP contribution in [0.3, 0.4) is 0 Å². The predicted molar refractivity (Wildman–Crippen MR) is 99.6 cm³/mol. The monoisotopic (exact) mass is 352 g/mol. The van der Waals surface area contributed by atoms with E-state index in [4.69, 9.17) is 9.47 Å². The molecule has 0 spiro atoms. The van der Waals surface area contributed by atoms with Crippen molar-refractivity contribution in [2.45, 2.75) is 13.3 Å². The summed E-state index contributed by atoms with van der Waals surface area (Å²) >= 11 is 0. The van der Waals surface area contributed by atoms with Crippen LogP contribution < -0.4 is 10.1 Å². The third-order valence-electron chi connectivity index (χ3n) is 4.02. The van der Waals surface area contributed by atoms with Crippen molar-refractivity contribution in [1.82, 2.24) is 4.98 Å². The van der Waals surface area contributed by atoms with Crippen molar-refractivity contribution in [2.24, 2.45) is 0 Å². The van der Waals surface area contributed by atoms with Crippen LogP contribution in [0.25, 0.3) is 10.9 Å². The zero-order chi connectivity index (χ0) is 18.5. The van der Waals surface area contributed by atoms with Gasteiger partial charge in [0, 0.05) is 17.1 Å². The number of para-hydroxylation sites is 1. The fraction of sp³-hybridized carbons (Fsp3) is 0.200. The molecule has 2 aromatic carbocycles. The summed E-state index contributed by atoms with van der Waals surface area (Å²) in [6.07, 6.45) is 1.98. The molecule has 0 fully saturated rings. The standard InChI is InChI=1S/C20H20N2O4/c1-3-26-20(24)15-6-4-5-7-18(15)22-19(23)10-13-12-21-17-9-8-14(25-2)11-16(13)17/h4-9,11-12,21H,3,10H2,1-2H3,(H,22,23). The molecule has 1 heterocycles. The average Bonchev–Trinajstić information content (AvgIpc) is 3.04. The highest BCUT2D eigenvalue weighted by molar-refractivity contribution is 6.02. The molecule has 0 aliphatic heterocycles. The molecule has 2 N–H and O–H groups in total. The van der Waals surface area contributed by atoms with Gasteiger partial charge in [-0.15, -0.1) is 0 Å². The van der Waals surface area contributed by atoms with Crippen molar-refractivity contribution in [3.63, 3.8) is 0 Å². The van der Waals surface area contributed by atoms with Gasteiger partial charge in [-0.05, 0) is 42.8 Å². The van der Waals surface area contributed by atoms with Crippen LogP contribution in [0.2, 0.25) is 0 Å². The van der Waals surface area contributed by atoms with Gasteiger partial charge in [-0.2, -0.15) is 0 Å². The van der Waals surface area contributed by atoms with Gasteiger partial charge in [0.1, 0.15) is 5.75 Å². The molecule has 3 aromatic rings. The van der Waals surface area contributed by atoms with Gasteiger partial charge in [-0.3, -0.25) is 4.79 Å². The molecular weight excluding hydrogens is 332 g/mol. The van der Waals surface area contributed by atoms with Gasteiger partial charge in [0.05, 0.1) is 31.4 Å². The average molecular weight is 352 g/mol. The van der Waals surface area contributed by atoms with Crippen molar-refractivity contribution < 1.29 is 19.1 Å². The molecule has 6 heteroatoms. The highest BCUT2D eigenvalue weighted by atomic mass is 16.5. The minimum absolute atomic E-state index is 0.171. The number of ether oxygens (including phenoxy) is 2. The Hall–Kier alpha value is -3.28. The van der Waals surface area contributed by atoms with Crippen molar-refractivity contribution in [1.29, 1.82) is 0 Å². The van der Waals surface area contributed by atoms with Crippen LogP contribution in [-0.2, 0) is 16.0 Å². The summed E-state index contributed by atoms with van der Waals surface area (Å²) in [5.41, 5.74) is 2.56. The summed E-state index contributed by atoms with van der Waals surface area (Å²) in [4.78, 5) is 27.7. The van der Waals surface area contributed by atoms with Crippen LogP contribution in [0.1, 0.15) is 22.8 Å². The number of aromatic amines is 1. The third-order valence-corrected chi connectivity index (χ3v) is 4.02. The summed E-state index contributed by atoms with van der Waals surface area (Å²) in [7, 11) is 1.60. The fourth-order valence-corrected chi connectivity index (χ4v) is 2.78. The first-order valence-corrected chi connectivity index (χ1v) is 8.32. The number of esters is 1. The first-order chi connectivity index (χ1) is 12.6. The highest BCUT2D eigenvalue weighted by Gasteiger charge is 2.15. The quantitative estimate of drug-likeness (QED) is 0.665. The first kappa shape index (κ1) is 17.5. The maximum absolute atomic E-state index is 12.5. The van der Waals surface area contributed by atoms with Crippen molar-refractivity contribution in [3.05, 3.63) is 59.8 Å². The Morgan fingerprint density at radius 3 is 2.73 bits per heavy atom. The van der Waals surface area contributed by atoms with Gasteiger partial charge in [-0.25, -0.2) is 4.79 Å². The number of anilines is 1. The number of hydrogen-bond donors (Lipinski definition) is 2. The molecule has 134 valence electrons. The first-order valence-electron chi connectivity index (χ1n) is 8.32. The van der Waals surface area contributed by atoms with E-state index in [1.807, 2.05) is 18.2 Å². The Balaban J connectivity index is 1.79. The molecule has 0 saturated heterocycles. The zero-order valence-corrected chi connectivity index (χ0v) is 14.7. The number of methoxy groups -OCH3 is 1. The second kappa shape index (κ2) is 7.74. The minimum Gasteiger partial charge on any atom is -0.497 e. The van der Waals surface area contributed by atoms with Crippen LogP contribution in [0.5, 0.6) is 5.75 Å². The van der Waals surface area contributed by atoms with Gasteiger partial charge < -0.3 is 19.8 Å². The smallest absolute Gasteiger partial charge is 0.340 e. The Morgan fingerprint density at radius 1 is 1.15 bits per heavy atom. The number of fused-ring (bicyclic) bond motifs is 1. The van der Waals surface area contributed by atoms with E-state index < -0.39 is 5.97 Å². The summed E-state index contributed by atoms with van der Waals surface area (Å²) < 4.78 is 10.3. The minimum atomic E-state index is -0.458. The molecule has 1 amide bonds. The van der Waals surface area contributed by atoms with E-state index >= 15 is 0 Å². The molecule has 6 nitrogen and oxygen atoms in total. The van der Waals surface area contributed by atoms with Crippen LogP contribution in [0, 0.1) is 0 Å². The molecule has 0 aliphatic carbocycles. The topological polar surface area (TPSA) is 80.4 Å². The van der Waals surface area contributed by atoms with Crippen LogP contribution >= 0.6 is 0 Å². The Bertz CT molecular complexity index is 946. The zero-order valence-electron chi connectivity index (χ0n) is 14.7. The van der Waals surface area contributed by atoms with Gasteiger partial charge in [0.2, 0.25) is 5.91 Å². The van der Waals surface area contributed by atoms with Gasteiger partial charge in [-0.1, -0.05) is 12.1 Å². The summed E-state index contributed by atoms with van der Waals surface area (Å²) in [5, 5.41) is 3.73. The second-order valence-electron chi connectivity index (χ2n) is 5.72. The van der Waals surface area contributed by atoms with Gasteiger partial charge in [0.25, 0.3) is 0 Å². The maximum Gasteiger partial charge on any atom is 0.340 e. The number of hydrogen-bond acceptors (Lipinski definition) is 4. The molecule has 3 rings (SSSR count). The number of H-pyrrole nitrogens is 1. The predicted octanol–water partition coefficient (Wildman–Crippen LogP) is 3.53. The summed E-state index contributed by atoms with van der Waals surface area (Å²) in [6, 6.07) is 12.5. The molecule has 26 heavy (non-hydrogen) atoms. The van der Waals surface area contributed by atoms with Gasteiger partial charge in [0.15, 0.2) is 0 Å². The lowest BCUT2D eigenvalue weighted by Crippen LogP contribution is -2.17. The molecule has 0 bridgehead atoms. The molecule has 0 unspecified atom stereocenters. The highest BCUT2D eigenvalue weighted by Crippen LogP contribution is 2.24. The third kappa shape index (κ3) is 3.69. The Morgan fingerprint density at radius 2 is 1.96 bits per heavy atom.